The number of nitro groups is 1. The van der Waals surface area contributed by atoms with Gasteiger partial charge in [0.1, 0.15) is 0 Å². The maximum atomic E-state index is 11.7. The fraction of sp³-hybridized carbons (Fsp3) is 0.364. The molecule has 0 aromatic heterocycles. The number of nitro benzene ring substituents is 1. The van der Waals surface area contributed by atoms with Crippen molar-refractivity contribution in [2.24, 2.45) is 0 Å². The molecule has 1 aromatic carbocycles. The molecule has 1 amide bonds. The lowest BCUT2D eigenvalue weighted by Crippen LogP contribution is -2.25. The molecular formula is C11H14N2O4. The number of aliphatic hydroxyl groups excluding tert-OH is 1. The highest BCUT2D eigenvalue weighted by Gasteiger charge is 2.17. The van der Waals surface area contributed by atoms with E-state index in [2.05, 4.69) is 5.32 Å². The molecule has 17 heavy (non-hydrogen) atoms. The summed E-state index contributed by atoms with van der Waals surface area (Å²) in [6.07, 6.45) is 0.458. The first-order valence-corrected chi connectivity index (χ1v) is 5.21. The topological polar surface area (TPSA) is 92.5 Å². The molecule has 0 spiro atoms. The molecule has 1 aromatic rings. The summed E-state index contributed by atoms with van der Waals surface area (Å²) in [4.78, 5) is 21.9. The summed E-state index contributed by atoms with van der Waals surface area (Å²) in [5.41, 5.74) is 0.566. The van der Waals surface area contributed by atoms with Gasteiger partial charge in [0, 0.05) is 30.3 Å². The van der Waals surface area contributed by atoms with Crippen LogP contribution in [0.2, 0.25) is 0 Å². The Bertz CT molecular complexity index is 431. The molecule has 0 unspecified atom stereocenters. The van der Waals surface area contributed by atoms with Gasteiger partial charge in [-0.2, -0.15) is 0 Å². The number of carbonyl (C=O) groups excluding carboxylic acids is 1. The van der Waals surface area contributed by atoms with Crippen molar-refractivity contribution in [3.8, 4) is 0 Å². The fourth-order valence-corrected chi connectivity index (χ4v) is 1.44. The molecule has 6 nitrogen and oxygen atoms in total. The van der Waals surface area contributed by atoms with Crippen molar-refractivity contribution < 1.29 is 14.8 Å². The Kier molecular flexibility index (Phi) is 4.59. The lowest BCUT2D eigenvalue weighted by Gasteiger charge is -2.07. The van der Waals surface area contributed by atoms with Gasteiger partial charge in [-0.15, -0.1) is 0 Å². The number of carbonyl (C=O) groups is 1. The summed E-state index contributed by atoms with van der Waals surface area (Å²) in [6, 6.07) is 4.38. The number of hydrogen-bond donors (Lipinski definition) is 2. The molecule has 92 valence electrons. The van der Waals surface area contributed by atoms with Gasteiger partial charge in [-0.1, -0.05) is 6.07 Å². The molecule has 0 radical (unpaired) electrons. The maximum absolute atomic E-state index is 11.7. The minimum Gasteiger partial charge on any atom is -0.396 e. The molecule has 0 saturated carbocycles. The molecule has 0 heterocycles. The second kappa shape index (κ2) is 5.95. The third-order valence-corrected chi connectivity index (χ3v) is 2.37. The van der Waals surface area contributed by atoms with E-state index in [1.807, 2.05) is 0 Å². The van der Waals surface area contributed by atoms with E-state index in [0.29, 0.717) is 18.5 Å². The van der Waals surface area contributed by atoms with Gasteiger partial charge in [0.25, 0.3) is 11.6 Å². The zero-order chi connectivity index (χ0) is 12.8. The molecule has 0 bridgehead atoms. The molecule has 0 atom stereocenters. The highest BCUT2D eigenvalue weighted by atomic mass is 16.6. The fourth-order valence-electron chi connectivity index (χ4n) is 1.44. The van der Waals surface area contributed by atoms with Gasteiger partial charge in [0.05, 0.1) is 4.92 Å². The van der Waals surface area contributed by atoms with E-state index < -0.39 is 4.92 Å². The van der Waals surface area contributed by atoms with E-state index in [-0.39, 0.29) is 23.8 Å². The zero-order valence-corrected chi connectivity index (χ0v) is 9.47. The second-order valence-electron chi connectivity index (χ2n) is 3.54. The average Bonchev–Trinajstić information content (AvgIpc) is 2.29. The first-order valence-electron chi connectivity index (χ1n) is 5.21. The van der Waals surface area contributed by atoms with Crippen molar-refractivity contribution in [2.45, 2.75) is 13.3 Å². The third kappa shape index (κ3) is 3.25. The van der Waals surface area contributed by atoms with Crippen LogP contribution in [0.1, 0.15) is 22.3 Å². The average molecular weight is 238 g/mol. The van der Waals surface area contributed by atoms with Gasteiger partial charge < -0.3 is 10.4 Å². The third-order valence-electron chi connectivity index (χ3n) is 2.37. The smallest absolute Gasteiger partial charge is 0.273 e. The second-order valence-corrected chi connectivity index (χ2v) is 3.54. The van der Waals surface area contributed by atoms with Crippen molar-refractivity contribution in [1.29, 1.82) is 0 Å². The van der Waals surface area contributed by atoms with Gasteiger partial charge >= 0.3 is 0 Å². The predicted molar refractivity (Wildman–Crippen MR) is 61.9 cm³/mol. The normalized spacial score (nSPS) is 10.0. The molecule has 0 fully saturated rings. The van der Waals surface area contributed by atoms with Crippen LogP contribution in [-0.4, -0.2) is 29.1 Å². The number of benzene rings is 1. The first kappa shape index (κ1) is 13.1. The maximum Gasteiger partial charge on any atom is 0.273 e. The number of nitrogens with zero attached hydrogens (tertiary/aromatic N) is 1. The van der Waals surface area contributed by atoms with E-state index in [0.717, 1.165) is 0 Å². The van der Waals surface area contributed by atoms with Gasteiger partial charge in [-0.3, -0.25) is 14.9 Å². The van der Waals surface area contributed by atoms with E-state index in [9.17, 15) is 14.9 Å². The SMILES string of the molecule is Cc1c(C(=O)NCCCO)cccc1[N+](=O)[O-]. The van der Waals surface area contributed by atoms with E-state index in [1.165, 1.54) is 18.2 Å². The van der Waals surface area contributed by atoms with Gasteiger partial charge in [0.15, 0.2) is 0 Å². The summed E-state index contributed by atoms with van der Waals surface area (Å²) < 4.78 is 0. The molecule has 0 saturated heterocycles. The molecular weight excluding hydrogens is 224 g/mol. The number of amides is 1. The molecule has 2 N–H and O–H groups in total. The van der Waals surface area contributed by atoms with Crippen LogP contribution in [0.3, 0.4) is 0 Å². The van der Waals surface area contributed by atoms with Crippen molar-refractivity contribution in [3.63, 3.8) is 0 Å². The largest absolute Gasteiger partial charge is 0.396 e. The summed E-state index contributed by atoms with van der Waals surface area (Å²) >= 11 is 0. The van der Waals surface area contributed by atoms with Crippen LogP contribution in [0.15, 0.2) is 18.2 Å². The highest BCUT2D eigenvalue weighted by molar-refractivity contribution is 5.96. The molecule has 0 aliphatic rings. The summed E-state index contributed by atoms with van der Waals surface area (Å²) in [5, 5.41) is 21.9. The molecule has 0 aliphatic heterocycles. The summed E-state index contributed by atoms with van der Waals surface area (Å²) in [7, 11) is 0. The Balaban J connectivity index is 2.87. The van der Waals surface area contributed by atoms with Gasteiger partial charge in [0.2, 0.25) is 0 Å². The van der Waals surface area contributed by atoms with Crippen LogP contribution in [0.5, 0.6) is 0 Å². The van der Waals surface area contributed by atoms with Crippen LogP contribution >= 0.6 is 0 Å². The van der Waals surface area contributed by atoms with Crippen molar-refractivity contribution >= 4 is 11.6 Å². The van der Waals surface area contributed by atoms with E-state index >= 15 is 0 Å². The summed E-state index contributed by atoms with van der Waals surface area (Å²) in [6.45, 7) is 1.88. The van der Waals surface area contributed by atoms with Crippen LogP contribution in [-0.2, 0) is 0 Å². The van der Waals surface area contributed by atoms with Crippen molar-refractivity contribution in [3.05, 3.63) is 39.4 Å². The Morgan fingerprint density at radius 2 is 2.24 bits per heavy atom. The van der Waals surface area contributed by atoms with E-state index in [4.69, 9.17) is 5.11 Å². The standard InChI is InChI=1S/C11H14N2O4/c1-8-9(11(15)12-6-3-7-14)4-2-5-10(8)13(16)17/h2,4-5,14H,3,6-7H2,1H3,(H,12,15). The van der Waals surface area contributed by atoms with E-state index in [1.54, 1.807) is 6.92 Å². The Hall–Kier alpha value is -1.95. The molecule has 6 heteroatoms. The summed E-state index contributed by atoms with van der Waals surface area (Å²) in [5.74, 6) is -0.361. The van der Waals surface area contributed by atoms with Crippen molar-refractivity contribution in [1.82, 2.24) is 5.32 Å². The number of aliphatic hydroxyl groups is 1. The quantitative estimate of drug-likeness (QED) is 0.455. The number of hydrogen-bond acceptors (Lipinski definition) is 4. The van der Waals surface area contributed by atoms with Gasteiger partial charge in [-0.05, 0) is 19.4 Å². The minimum absolute atomic E-state index is 0.00575. The van der Waals surface area contributed by atoms with Crippen LogP contribution in [0, 0.1) is 17.0 Å². The first-order chi connectivity index (χ1) is 8.07. The molecule has 0 aliphatic carbocycles. The van der Waals surface area contributed by atoms with Crippen LogP contribution in [0.25, 0.3) is 0 Å². The lowest BCUT2D eigenvalue weighted by atomic mass is 10.1. The highest BCUT2D eigenvalue weighted by Crippen LogP contribution is 2.20. The van der Waals surface area contributed by atoms with Gasteiger partial charge in [-0.25, -0.2) is 0 Å². The minimum atomic E-state index is -0.514. The monoisotopic (exact) mass is 238 g/mol. The number of rotatable bonds is 5. The number of nitrogens with one attached hydrogen (secondary N) is 1. The molecule has 1 rings (SSSR count). The Morgan fingerprint density at radius 1 is 1.53 bits per heavy atom. The Labute approximate surface area is 98.4 Å². The zero-order valence-electron chi connectivity index (χ0n) is 9.47. The van der Waals surface area contributed by atoms with Crippen LogP contribution in [0.4, 0.5) is 5.69 Å². The predicted octanol–water partition coefficient (Wildman–Crippen LogP) is 1.02. The van der Waals surface area contributed by atoms with Crippen LogP contribution < -0.4 is 5.32 Å². The lowest BCUT2D eigenvalue weighted by molar-refractivity contribution is -0.385. The van der Waals surface area contributed by atoms with Crippen molar-refractivity contribution in [2.75, 3.05) is 13.2 Å². The Morgan fingerprint density at radius 3 is 2.82 bits per heavy atom.